The van der Waals surface area contributed by atoms with Crippen molar-refractivity contribution in [3.05, 3.63) is 11.6 Å². The molecule has 262 valence electrons. The molecule has 3 N–H and O–H groups in total. The Balaban J connectivity index is 2.74. The van der Waals surface area contributed by atoms with Gasteiger partial charge in [0, 0.05) is 44.3 Å². The molecule has 3 unspecified atom stereocenters. The molecule has 0 spiro atoms. The monoisotopic (exact) mass is 667 g/mol. The zero-order chi connectivity index (χ0) is 35.2. The number of ether oxygens (including phenoxy) is 1. The molecule has 5 atom stereocenters. The van der Waals surface area contributed by atoms with Crippen molar-refractivity contribution >= 4 is 46.4 Å². The van der Waals surface area contributed by atoms with E-state index in [2.05, 4.69) is 10.6 Å². The molecule has 46 heavy (non-hydrogen) atoms. The summed E-state index contributed by atoms with van der Waals surface area (Å²) in [5.41, 5.74) is 0.105. The van der Waals surface area contributed by atoms with E-state index in [0.717, 1.165) is 11.5 Å². The Hall–Kier alpha value is -2.93. The second-order valence-electron chi connectivity index (χ2n) is 13.2. The predicted octanol–water partition coefficient (Wildman–Crippen LogP) is 2.79. The first kappa shape index (κ1) is 41.1. The zero-order valence-electron chi connectivity index (χ0n) is 29.5. The fourth-order valence-corrected chi connectivity index (χ4v) is 6.02. The molecule has 0 aromatic carbocycles. The van der Waals surface area contributed by atoms with Crippen molar-refractivity contribution in [2.45, 2.75) is 99.3 Å². The third-order valence-corrected chi connectivity index (χ3v) is 9.20. The van der Waals surface area contributed by atoms with Crippen LogP contribution in [0.3, 0.4) is 0 Å². The fourth-order valence-electron chi connectivity index (χ4n) is 4.88. The molecule has 0 aliphatic carbocycles. The van der Waals surface area contributed by atoms with Crippen molar-refractivity contribution in [3.63, 3.8) is 0 Å². The van der Waals surface area contributed by atoms with Crippen molar-refractivity contribution in [2.75, 3.05) is 46.0 Å². The SMILES string of the molecule is CCCN(CC(=O)OC(C[C@@H](C)CC(O)[C@@H](C)C1=NC(/C=C(\C)C(=O)NCC(=O)N(C)CC(=O)NC)CS1)C(C)(C)C)C(=O)CC. The van der Waals surface area contributed by atoms with Gasteiger partial charge < -0.3 is 30.3 Å². The quantitative estimate of drug-likeness (QED) is 0.149. The van der Waals surface area contributed by atoms with Crippen LogP contribution in [-0.2, 0) is 28.7 Å². The number of rotatable bonds is 18. The molecule has 0 bridgehead atoms. The summed E-state index contributed by atoms with van der Waals surface area (Å²) in [4.78, 5) is 68.8. The number of likely N-dealkylation sites (N-methyl/N-ethyl adjacent to an activating group) is 2. The van der Waals surface area contributed by atoms with Gasteiger partial charge in [0.25, 0.3) is 0 Å². The van der Waals surface area contributed by atoms with Gasteiger partial charge in [-0.3, -0.25) is 29.0 Å². The molecular weight excluding hydrogens is 610 g/mol. The van der Waals surface area contributed by atoms with E-state index in [0.29, 0.717) is 37.1 Å². The lowest BCUT2D eigenvalue weighted by Gasteiger charge is -2.34. The number of aliphatic imine (C=N–C) groups is 1. The molecule has 0 aromatic heterocycles. The molecule has 1 heterocycles. The van der Waals surface area contributed by atoms with Crippen molar-refractivity contribution in [3.8, 4) is 0 Å². The van der Waals surface area contributed by atoms with Gasteiger partial charge in [-0.1, -0.05) is 54.5 Å². The van der Waals surface area contributed by atoms with E-state index in [1.807, 2.05) is 41.5 Å². The maximum atomic E-state index is 12.8. The first-order chi connectivity index (χ1) is 21.4. The van der Waals surface area contributed by atoms with Crippen molar-refractivity contribution in [1.82, 2.24) is 20.4 Å². The Labute approximate surface area is 279 Å². The topological polar surface area (TPSA) is 158 Å². The van der Waals surface area contributed by atoms with Gasteiger partial charge in [0.05, 0.1) is 30.3 Å². The van der Waals surface area contributed by atoms with E-state index < -0.39 is 12.1 Å². The van der Waals surface area contributed by atoms with Gasteiger partial charge in [-0.25, -0.2) is 0 Å². The van der Waals surface area contributed by atoms with Crippen LogP contribution < -0.4 is 10.6 Å². The molecule has 0 saturated carbocycles. The number of aliphatic hydroxyl groups excluding tert-OH is 1. The summed E-state index contributed by atoms with van der Waals surface area (Å²) < 4.78 is 5.91. The number of nitrogens with one attached hydrogen (secondary N) is 2. The molecule has 1 aliphatic heterocycles. The van der Waals surface area contributed by atoms with Crippen LogP contribution in [0.15, 0.2) is 16.6 Å². The first-order valence-corrected chi connectivity index (χ1v) is 17.2. The normalized spacial score (nSPS) is 17.7. The Morgan fingerprint density at radius 1 is 1.11 bits per heavy atom. The molecule has 1 rings (SSSR count). The van der Waals surface area contributed by atoms with Gasteiger partial charge in [-0.2, -0.15) is 0 Å². The van der Waals surface area contributed by atoms with E-state index in [1.165, 1.54) is 19.0 Å². The van der Waals surface area contributed by atoms with E-state index in [9.17, 15) is 29.1 Å². The number of thioether (sulfide) groups is 1. The summed E-state index contributed by atoms with van der Waals surface area (Å²) in [5, 5.41) is 17.0. The summed E-state index contributed by atoms with van der Waals surface area (Å²) in [6, 6.07) is -0.235. The Morgan fingerprint density at radius 3 is 2.33 bits per heavy atom. The lowest BCUT2D eigenvalue weighted by atomic mass is 9.81. The van der Waals surface area contributed by atoms with Gasteiger partial charge in [-0.05, 0) is 37.5 Å². The highest BCUT2D eigenvalue weighted by Crippen LogP contribution is 2.32. The number of aliphatic hydroxyl groups is 1. The highest BCUT2D eigenvalue weighted by molar-refractivity contribution is 8.14. The average Bonchev–Trinajstić information content (AvgIpc) is 3.45. The maximum absolute atomic E-state index is 12.8. The number of nitrogens with zero attached hydrogens (tertiary/aromatic N) is 3. The van der Waals surface area contributed by atoms with Crippen LogP contribution in [0.5, 0.6) is 0 Å². The summed E-state index contributed by atoms with van der Waals surface area (Å²) in [6.07, 6.45) is 2.86. The largest absolute Gasteiger partial charge is 0.460 e. The van der Waals surface area contributed by atoms with E-state index in [4.69, 9.17) is 9.73 Å². The minimum Gasteiger partial charge on any atom is -0.460 e. The summed E-state index contributed by atoms with van der Waals surface area (Å²) in [7, 11) is 2.98. The standard InChI is InChI=1S/C33H57N5O7S/c1-11-13-38(28(41)12-2)19-30(43)45-26(33(6,7)8)15-21(3)14-25(39)23(5)32-36-24(20-46-32)16-22(4)31(44)35-17-29(42)37(10)18-27(40)34-9/h16,21,23-26,39H,11-15,17-20H2,1-10H3,(H,34,40)(H,35,44)/b22-16+/t21-,23+,24?,25?,26?/m0/s1. The summed E-state index contributed by atoms with van der Waals surface area (Å²) in [6.45, 7) is 15.5. The minimum absolute atomic E-state index is 0.0465. The van der Waals surface area contributed by atoms with Crippen molar-refractivity contribution in [1.29, 1.82) is 0 Å². The molecule has 0 saturated heterocycles. The van der Waals surface area contributed by atoms with Gasteiger partial charge in [0.15, 0.2) is 0 Å². The van der Waals surface area contributed by atoms with Crippen LogP contribution in [0.1, 0.15) is 81.1 Å². The molecule has 0 aromatic rings. The van der Waals surface area contributed by atoms with Crippen LogP contribution in [0.2, 0.25) is 0 Å². The maximum Gasteiger partial charge on any atom is 0.325 e. The highest BCUT2D eigenvalue weighted by atomic mass is 32.2. The molecule has 4 amide bonds. The molecular formula is C33H57N5O7S. The molecule has 13 heteroatoms. The Morgan fingerprint density at radius 2 is 1.76 bits per heavy atom. The van der Waals surface area contributed by atoms with Gasteiger partial charge in [-0.15, -0.1) is 11.8 Å². The number of carbonyl (C=O) groups excluding carboxylic acids is 5. The van der Waals surface area contributed by atoms with Gasteiger partial charge in [0.2, 0.25) is 23.6 Å². The second-order valence-corrected chi connectivity index (χ2v) is 14.3. The average molecular weight is 668 g/mol. The zero-order valence-corrected chi connectivity index (χ0v) is 30.3. The smallest absolute Gasteiger partial charge is 0.325 e. The number of esters is 1. The summed E-state index contributed by atoms with van der Waals surface area (Å²) in [5.74, 6) is -1.10. The first-order valence-electron chi connectivity index (χ1n) is 16.2. The number of hydrogen-bond acceptors (Lipinski definition) is 9. The highest BCUT2D eigenvalue weighted by Gasteiger charge is 2.33. The van der Waals surface area contributed by atoms with Crippen molar-refractivity contribution in [2.24, 2.45) is 22.2 Å². The third kappa shape index (κ3) is 14.2. The van der Waals surface area contributed by atoms with Crippen LogP contribution in [0, 0.1) is 17.3 Å². The van der Waals surface area contributed by atoms with E-state index in [-0.39, 0.29) is 72.7 Å². The van der Waals surface area contributed by atoms with Crippen LogP contribution in [0.4, 0.5) is 0 Å². The molecule has 1 aliphatic rings. The third-order valence-electron chi connectivity index (χ3n) is 7.92. The van der Waals surface area contributed by atoms with Crippen LogP contribution >= 0.6 is 11.8 Å². The lowest BCUT2D eigenvalue weighted by Crippen LogP contribution is -2.42. The minimum atomic E-state index is -0.662. The van der Waals surface area contributed by atoms with Gasteiger partial charge >= 0.3 is 5.97 Å². The Kier molecular flexibility index (Phi) is 17.6. The Bertz CT molecular complexity index is 1120. The number of hydrogen-bond donors (Lipinski definition) is 3. The lowest BCUT2D eigenvalue weighted by molar-refractivity contribution is -0.160. The van der Waals surface area contributed by atoms with Crippen LogP contribution in [0.25, 0.3) is 0 Å². The molecule has 12 nitrogen and oxygen atoms in total. The molecule has 0 fully saturated rings. The number of carbonyl (C=O) groups is 5. The number of amides is 4. The van der Waals surface area contributed by atoms with E-state index >= 15 is 0 Å². The predicted molar refractivity (Wildman–Crippen MR) is 182 cm³/mol. The van der Waals surface area contributed by atoms with E-state index in [1.54, 1.807) is 36.6 Å². The fraction of sp³-hybridized carbons (Fsp3) is 0.758. The van der Waals surface area contributed by atoms with Gasteiger partial charge in [0.1, 0.15) is 12.6 Å². The molecule has 0 radical (unpaired) electrons. The van der Waals surface area contributed by atoms with Crippen molar-refractivity contribution < 1.29 is 33.8 Å². The summed E-state index contributed by atoms with van der Waals surface area (Å²) >= 11 is 1.55. The van der Waals surface area contributed by atoms with Crippen LogP contribution in [-0.4, -0.2) is 114 Å². The second kappa shape index (κ2) is 19.7.